The third-order valence-corrected chi connectivity index (χ3v) is 4.77. The number of amides is 1. The normalized spacial score (nSPS) is 21.7. The molecule has 1 aliphatic rings. The van der Waals surface area contributed by atoms with Crippen molar-refractivity contribution in [3.8, 4) is 0 Å². The first-order valence-corrected chi connectivity index (χ1v) is 7.89. The van der Waals surface area contributed by atoms with Crippen LogP contribution < -0.4 is 0 Å². The lowest BCUT2D eigenvalue weighted by atomic mass is 10.1. The highest BCUT2D eigenvalue weighted by Crippen LogP contribution is 2.19. The fourth-order valence-corrected chi connectivity index (χ4v) is 3.79. The van der Waals surface area contributed by atoms with E-state index in [4.69, 9.17) is 5.11 Å². The molecule has 0 spiro atoms. The Morgan fingerprint density at radius 2 is 2.06 bits per heavy atom. The Bertz CT molecular complexity index is 417. The molecule has 1 fully saturated rings. The van der Waals surface area contributed by atoms with Crippen LogP contribution in [0.15, 0.2) is 0 Å². The summed E-state index contributed by atoms with van der Waals surface area (Å²) >= 11 is 0. The van der Waals surface area contributed by atoms with Crippen LogP contribution >= 0.6 is 0 Å². The summed E-state index contributed by atoms with van der Waals surface area (Å²) in [5, 5.41) is 8.81. The summed E-state index contributed by atoms with van der Waals surface area (Å²) in [6.45, 7) is 1.53. The molecule has 0 aromatic heterocycles. The fraction of sp³-hybridized carbons (Fsp3) is 0.818. The van der Waals surface area contributed by atoms with Gasteiger partial charge in [-0.25, -0.2) is 8.42 Å². The predicted octanol–water partition coefficient (Wildman–Crippen LogP) is 0.277. The Morgan fingerprint density at radius 1 is 1.39 bits per heavy atom. The third-order valence-electron chi connectivity index (χ3n) is 3.02. The highest BCUT2D eigenvalue weighted by molar-refractivity contribution is 7.91. The summed E-state index contributed by atoms with van der Waals surface area (Å²) in [6, 6.07) is -0.476. The SMILES string of the molecule is CCCCC(=O)N(CC(=O)O)C1CCS(=O)(=O)C1. The molecule has 1 heterocycles. The molecule has 0 saturated carbocycles. The first kappa shape index (κ1) is 14.9. The van der Waals surface area contributed by atoms with Crippen LogP contribution in [0.4, 0.5) is 0 Å². The molecule has 1 amide bonds. The van der Waals surface area contributed by atoms with Gasteiger partial charge in [0.2, 0.25) is 5.91 Å². The van der Waals surface area contributed by atoms with Gasteiger partial charge in [0.15, 0.2) is 9.84 Å². The maximum Gasteiger partial charge on any atom is 0.323 e. The molecule has 1 saturated heterocycles. The average Bonchev–Trinajstić information content (AvgIpc) is 2.63. The van der Waals surface area contributed by atoms with E-state index in [0.29, 0.717) is 12.8 Å². The van der Waals surface area contributed by atoms with Crippen molar-refractivity contribution in [3.63, 3.8) is 0 Å². The second kappa shape index (κ2) is 6.17. The van der Waals surface area contributed by atoms with E-state index in [0.717, 1.165) is 6.42 Å². The van der Waals surface area contributed by atoms with E-state index in [9.17, 15) is 18.0 Å². The van der Waals surface area contributed by atoms with E-state index in [2.05, 4.69) is 0 Å². The van der Waals surface area contributed by atoms with Crippen LogP contribution in [0.3, 0.4) is 0 Å². The minimum Gasteiger partial charge on any atom is -0.480 e. The minimum atomic E-state index is -3.12. The van der Waals surface area contributed by atoms with Gasteiger partial charge in [-0.1, -0.05) is 13.3 Å². The second-order valence-electron chi connectivity index (χ2n) is 4.58. The minimum absolute atomic E-state index is 0.0366. The van der Waals surface area contributed by atoms with E-state index < -0.39 is 28.4 Å². The van der Waals surface area contributed by atoms with Crippen molar-refractivity contribution in [2.24, 2.45) is 0 Å². The molecule has 0 aromatic rings. The van der Waals surface area contributed by atoms with Gasteiger partial charge in [0.1, 0.15) is 6.54 Å². The van der Waals surface area contributed by atoms with Gasteiger partial charge in [0, 0.05) is 12.5 Å². The Morgan fingerprint density at radius 3 is 2.50 bits per heavy atom. The molecule has 0 aromatic carbocycles. The zero-order valence-corrected chi connectivity index (χ0v) is 11.3. The number of sulfone groups is 1. The quantitative estimate of drug-likeness (QED) is 0.752. The van der Waals surface area contributed by atoms with E-state index in [1.165, 1.54) is 4.90 Å². The van der Waals surface area contributed by atoms with E-state index in [-0.39, 0.29) is 23.8 Å². The van der Waals surface area contributed by atoms with Crippen LogP contribution in [0, 0.1) is 0 Å². The number of hydrogen-bond acceptors (Lipinski definition) is 4. The van der Waals surface area contributed by atoms with Gasteiger partial charge in [0.05, 0.1) is 11.5 Å². The lowest BCUT2D eigenvalue weighted by Crippen LogP contribution is -2.44. The van der Waals surface area contributed by atoms with Gasteiger partial charge in [-0.3, -0.25) is 9.59 Å². The fourth-order valence-electron chi connectivity index (χ4n) is 2.06. The van der Waals surface area contributed by atoms with Gasteiger partial charge in [-0.2, -0.15) is 0 Å². The van der Waals surface area contributed by atoms with Crippen molar-refractivity contribution in [2.45, 2.75) is 38.6 Å². The summed E-state index contributed by atoms with van der Waals surface area (Å²) in [7, 11) is -3.12. The molecule has 18 heavy (non-hydrogen) atoms. The number of carboxylic acid groups (broad SMARTS) is 1. The van der Waals surface area contributed by atoms with Crippen LogP contribution in [0.5, 0.6) is 0 Å². The largest absolute Gasteiger partial charge is 0.480 e. The molecule has 7 heteroatoms. The highest BCUT2D eigenvalue weighted by atomic mass is 32.2. The molecule has 6 nitrogen and oxygen atoms in total. The molecule has 1 rings (SSSR count). The van der Waals surface area contributed by atoms with Gasteiger partial charge in [0.25, 0.3) is 0 Å². The third kappa shape index (κ3) is 4.29. The van der Waals surface area contributed by atoms with Crippen LogP contribution in [-0.4, -0.2) is 54.4 Å². The monoisotopic (exact) mass is 277 g/mol. The first-order chi connectivity index (χ1) is 8.35. The van der Waals surface area contributed by atoms with E-state index >= 15 is 0 Å². The molecule has 1 unspecified atom stereocenters. The smallest absolute Gasteiger partial charge is 0.323 e. The lowest BCUT2D eigenvalue weighted by Gasteiger charge is -2.26. The zero-order chi connectivity index (χ0) is 13.8. The average molecular weight is 277 g/mol. The van der Waals surface area contributed by atoms with Crippen LogP contribution in [-0.2, 0) is 19.4 Å². The second-order valence-corrected chi connectivity index (χ2v) is 6.80. The highest BCUT2D eigenvalue weighted by Gasteiger charge is 2.35. The van der Waals surface area contributed by atoms with Crippen LogP contribution in [0.2, 0.25) is 0 Å². The van der Waals surface area contributed by atoms with Crippen molar-refractivity contribution in [3.05, 3.63) is 0 Å². The van der Waals surface area contributed by atoms with E-state index in [1.807, 2.05) is 6.92 Å². The molecule has 1 atom stereocenters. The maximum absolute atomic E-state index is 11.9. The van der Waals surface area contributed by atoms with Crippen molar-refractivity contribution in [1.82, 2.24) is 4.90 Å². The van der Waals surface area contributed by atoms with Gasteiger partial charge >= 0.3 is 5.97 Å². The predicted molar refractivity (Wildman–Crippen MR) is 65.9 cm³/mol. The molecule has 1 aliphatic heterocycles. The lowest BCUT2D eigenvalue weighted by molar-refractivity contribution is -0.146. The topological polar surface area (TPSA) is 91.8 Å². The molecule has 0 aliphatic carbocycles. The first-order valence-electron chi connectivity index (χ1n) is 6.07. The van der Waals surface area contributed by atoms with Gasteiger partial charge in [-0.15, -0.1) is 0 Å². The van der Waals surface area contributed by atoms with Crippen molar-refractivity contribution in [1.29, 1.82) is 0 Å². The molecular weight excluding hydrogens is 258 g/mol. The Hall–Kier alpha value is -1.11. The van der Waals surface area contributed by atoms with Crippen LogP contribution in [0.1, 0.15) is 32.6 Å². The van der Waals surface area contributed by atoms with E-state index in [1.54, 1.807) is 0 Å². The molecular formula is C11H19NO5S. The molecule has 104 valence electrons. The van der Waals surface area contributed by atoms with Crippen LogP contribution in [0.25, 0.3) is 0 Å². The summed E-state index contributed by atoms with van der Waals surface area (Å²) < 4.78 is 22.8. The van der Waals surface area contributed by atoms with Gasteiger partial charge < -0.3 is 10.0 Å². The number of hydrogen-bond donors (Lipinski definition) is 1. The summed E-state index contributed by atoms with van der Waals surface area (Å²) in [5.41, 5.74) is 0. The Balaban J connectivity index is 2.72. The zero-order valence-electron chi connectivity index (χ0n) is 10.5. The van der Waals surface area contributed by atoms with Crippen molar-refractivity contribution in [2.75, 3.05) is 18.1 Å². The maximum atomic E-state index is 11.9. The Labute approximate surface area is 107 Å². The number of carbonyl (C=O) groups is 2. The standard InChI is InChI=1S/C11H19NO5S/c1-2-3-4-10(13)12(7-11(14)15)9-5-6-18(16,17)8-9/h9H,2-8H2,1H3,(H,14,15). The number of rotatable bonds is 6. The summed E-state index contributed by atoms with van der Waals surface area (Å²) in [5.74, 6) is -1.45. The molecule has 1 N–H and O–H groups in total. The number of carboxylic acids is 1. The molecule has 0 bridgehead atoms. The van der Waals surface area contributed by atoms with Crippen molar-refractivity contribution >= 4 is 21.7 Å². The number of carbonyl (C=O) groups excluding carboxylic acids is 1. The number of aliphatic carboxylic acids is 1. The Kier molecular flexibility index (Phi) is 5.13. The summed E-state index contributed by atoms with van der Waals surface area (Å²) in [4.78, 5) is 23.9. The van der Waals surface area contributed by atoms with Gasteiger partial charge in [-0.05, 0) is 12.8 Å². The summed E-state index contributed by atoms with van der Waals surface area (Å²) in [6.07, 6.45) is 2.15. The molecule has 0 radical (unpaired) electrons. The number of nitrogens with zero attached hydrogens (tertiary/aromatic N) is 1. The van der Waals surface area contributed by atoms with Crippen molar-refractivity contribution < 1.29 is 23.1 Å². The number of unbranched alkanes of at least 4 members (excludes halogenated alkanes) is 1.